The van der Waals surface area contributed by atoms with Crippen LogP contribution in [0, 0.1) is 0 Å². The monoisotopic (exact) mass is 250 g/mol. The first kappa shape index (κ1) is 13.6. The molecule has 96 valence electrons. The quantitative estimate of drug-likeness (QED) is 0.602. The molecule has 0 saturated heterocycles. The first-order valence-corrected chi connectivity index (χ1v) is 5.26. The van der Waals surface area contributed by atoms with E-state index in [1.165, 1.54) is 12.4 Å². The van der Waals surface area contributed by atoms with Gasteiger partial charge in [0.2, 0.25) is 5.95 Å². The summed E-state index contributed by atoms with van der Waals surface area (Å²) >= 11 is 0. The minimum absolute atomic E-state index is 0.0654. The summed E-state index contributed by atoms with van der Waals surface area (Å²) in [6.07, 6.45) is 3.08. The highest BCUT2D eigenvalue weighted by molar-refractivity contribution is 5.87. The van der Waals surface area contributed by atoms with Crippen molar-refractivity contribution in [1.29, 1.82) is 0 Å². The Kier molecular flexibility index (Phi) is 5.30. The molecule has 1 rings (SSSR count). The molecule has 0 aliphatic rings. The third kappa shape index (κ3) is 5.59. The fourth-order valence-electron chi connectivity index (χ4n) is 1.03. The van der Waals surface area contributed by atoms with Gasteiger partial charge in [0.1, 0.15) is 0 Å². The van der Waals surface area contributed by atoms with E-state index < -0.39 is 12.0 Å². The van der Waals surface area contributed by atoms with Gasteiger partial charge in [-0.15, -0.1) is 0 Å². The lowest BCUT2D eigenvalue weighted by molar-refractivity contribution is -0.139. The number of anilines is 1. The lowest BCUT2D eigenvalue weighted by Gasteiger charge is -2.06. The highest BCUT2D eigenvalue weighted by Gasteiger charge is 2.06. The van der Waals surface area contributed by atoms with Gasteiger partial charge in [-0.3, -0.25) is 10.1 Å². The number of ether oxygens (including phenoxy) is 1. The predicted molar refractivity (Wildman–Crippen MR) is 64.6 cm³/mol. The molecule has 2 N–H and O–H groups in total. The van der Waals surface area contributed by atoms with E-state index in [4.69, 9.17) is 4.74 Å². The summed E-state index contributed by atoms with van der Waals surface area (Å²) in [6, 6.07) is 1.15. The molecule has 0 radical (unpaired) electrons. The molecule has 0 spiro atoms. The van der Waals surface area contributed by atoms with Gasteiger partial charge in [0.05, 0.1) is 12.2 Å². The number of carbonyl (C=O) groups excluding carboxylic acids is 2. The lowest BCUT2D eigenvalue weighted by Crippen LogP contribution is -2.31. The van der Waals surface area contributed by atoms with Crippen LogP contribution in [0.25, 0.3) is 0 Å². The molecule has 0 atom stereocenters. The molecule has 1 aromatic rings. The summed E-state index contributed by atoms with van der Waals surface area (Å²) in [7, 11) is 0. The van der Waals surface area contributed by atoms with Crippen LogP contribution in [0.3, 0.4) is 0 Å². The van der Waals surface area contributed by atoms with Gasteiger partial charge in [0.25, 0.3) is 0 Å². The van der Waals surface area contributed by atoms with Gasteiger partial charge in [-0.25, -0.2) is 14.8 Å². The van der Waals surface area contributed by atoms with Crippen molar-refractivity contribution in [3.63, 3.8) is 0 Å². The molecular weight excluding hydrogens is 236 g/mol. The third-order valence-electron chi connectivity index (χ3n) is 1.69. The van der Waals surface area contributed by atoms with E-state index in [9.17, 15) is 9.59 Å². The molecule has 7 heteroatoms. The summed E-state index contributed by atoms with van der Waals surface area (Å²) < 4.78 is 4.72. The summed E-state index contributed by atoms with van der Waals surface area (Å²) in [5.41, 5.74) is 0. The van der Waals surface area contributed by atoms with E-state index in [0.717, 1.165) is 0 Å². The molecule has 0 fully saturated rings. The Morgan fingerprint density at radius 2 is 2.06 bits per heavy atom. The largest absolute Gasteiger partial charge is 0.432 e. The van der Waals surface area contributed by atoms with Gasteiger partial charge >= 0.3 is 12.0 Å². The van der Waals surface area contributed by atoms with E-state index in [1.54, 1.807) is 13.0 Å². The number of hydrogen-bond acceptors (Lipinski definition) is 5. The number of carbonyl (C=O) groups is 2. The first-order chi connectivity index (χ1) is 8.58. The van der Waals surface area contributed by atoms with Crippen LogP contribution in [-0.4, -0.2) is 28.5 Å². The minimum atomic E-state index is -0.482. The topological polar surface area (TPSA) is 93.2 Å². The van der Waals surface area contributed by atoms with Crippen LogP contribution in [0.15, 0.2) is 30.8 Å². The molecule has 18 heavy (non-hydrogen) atoms. The molecule has 0 aliphatic heterocycles. The van der Waals surface area contributed by atoms with Gasteiger partial charge in [-0.2, -0.15) is 0 Å². The molecule has 0 aromatic carbocycles. The fraction of sp³-hybridized carbons (Fsp3) is 0.273. The van der Waals surface area contributed by atoms with Crippen molar-refractivity contribution in [2.24, 2.45) is 0 Å². The summed E-state index contributed by atoms with van der Waals surface area (Å²) in [4.78, 5) is 30.1. The molecule has 2 amide bonds. The molecule has 7 nitrogen and oxygen atoms in total. The molecule has 0 aliphatic carbocycles. The van der Waals surface area contributed by atoms with Gasteiger partial charge in [0.15, 0.2) is 0 Å². The summed E-state index contributed by atoms with van der Waals surface area (Å²) in [5.74, 6) is 0.0698. The summed E-state index contributed by atoms with van der Waals surface area (Å²) in [5, 5.41) is 4.89. The minimum Gasteiger partial charge on any atom is -0.432 e. The Morgan fingerprint density at radius 1 is 1.39 bits per heavy atom. The van der Waals surface area contributed by atoms with Crippen LogP contribution < -0.4 is 10.6 Å². The lowest BCUT2D eigenvalue weighted by atomic mass is 10.4. The average molecular weight is 250 g/mol. The SMILES string of the molecule is C=C(C)OC(=O)CCNC(=O)Nc1ncccn1. The van der Waals surface area contributed by atoms with Crippen LogP contribution in [0.4, 0.5) is 10.7 Å². The number of rotatable bonds is 5. The van der Waals surface area contributed by atoms with E-state index in [2.05, 4.69) is 27.2 Å². The average Bonchev–Trinajstić information content (AvgIpc) is 2.29. The molecule has 0 bridgehead atoms. The maximum atomic E-state index is 11.3. The van der Waals surface area contributed by atoms with Crippen molar-refractivity contribution in [2.75, 3.05) is 11.9 Å². The van der Waals surface area contributed by atoms with Gasteiger partial charge in [-0.1, -0.05) is 6.58 Å². The Labute approximate surface area is 104 Å². The van der Waals surface area contributed by atoms with Crippen molar-refractivity contribution in [1.82, 2.24) is 15.3 Å². The molecule has 1 heterocycles. The van der Waals surface area contributed by atoms with Crippen molar-refractivity contribution in [2.45, 2.75) is 13.3 Å². The van der Waals surface area contributed by atoms with Crippen LogP contribution in [0.1, 0.15) is 13.3 Å². The van der Waals surface area contributed by atoms with Crippen LogP contribution in [0.5, 0.6) is 0 Å². The van der Waals surface area contributed by atoms with E-state index in [-0.39, 0.29) is 18.9 Å². The molecular formula is C11H14N4O3. The predicted octanol–water partition coefficient (Wildman–Crippen LogP) is 1.06. The standard InChI is InChI=1S/C11H14N4O3/c1-8(2)18-9(16)4-7-14-11(17)15-10-12-5-3-6-13-10/h3,5-6H,1,4,7H2,2H3,(H2,12,13,14,15,17). The normalized spacial score (nSPS) is 9.39. The van der Waals surface area contributed by atoms with Crippen molar-refractivity contribution < 1.29 is 14.3 Å². The number of allylic oxidation sites excluding steroid dienone is 1. The maximum absolute atomic E-state index is 11.3. The zero-order valence-electron chi connectivity index (χ0n) is 9.97. The molecule has 1 aromatic heterocycles. The van der Waals surface area contributed by atoms with Gasteiger partial charge < -0.3 is 10.1 Å². The highest BCUT2D eigenvalue weighted by Crippen LogP contribution is 1.95. The second kappa shape index (κ2) is 7.00. The van der Waals surface area contributed by atoms with Gasteiger partial charge in [-0.05, 0) is 13.0 Å². The van der Waals surface area contributed by atoms with E-state index in [0.29, 0.717) is 5.76 Å². The fourth-order valence-corrected chi connectivity index (χ4v) is 1.03. The van der Waals surface area contributed by atoms with Crippen LogP contribution in [0.2, 0.25) is 0 Å². The van der Waals surface area contributed by atoms with E-state index in [1.807, 2.05) is 0 Å². The van der Waals surface area contributed by atoms with Crippen LogP contribution in [-0.2, 0) is 9.53 Å². The Balaban J connectivity index is 2.22. The molecule has 0 saturated carbocycles. The van der Waals surface area contributed by atoms with E-state index >= 15 is 0 Å². The van der Waals surface area contributed by atoms with Gasteiger partial charge in [0, 0.05) is 18.9 Å². The number of amides is 2. The smallest absolute Gasteiger partial charge is 0.321 e. The number of nitrogens with one attached hydrogen (secondary N) is 2. The summed E-state index contributed by atoms with van der Waals surface area (Å²) in [6.45, 7) is 5.17. The zero-order valence-corrected chi connectivity index (χ0v) is 9.97. The van der Waals surface area contributed by atoms with Crippen molar-refractivity contribution in [3.05, 3.63) is 30.8 Å². The number of esters is 1. The zero-order chi connectivity index (χ0) is 13.4. The van der Waals surface area contributed by atoms with Crippen molar-refractivity contribution in [3.8, 4) is 0 Å². The number of urea groups is 1. The number of nitrogens with zero attached hydrogens (tertiary/aromatic N) is 2. The molecule has 0 unspecified atom stereocenters. The Hall–Kier alpha value is -2.44. The highest BCUT2D eigenvalue weighted by atomic mass is 16.5. The maximum Gasteiger partial charge on any atom is 0.321 e. The first-order valence-electron chi connectivity index (χ1n) is 5.26. The third-order valence-corrected chi connectivity index (χ3v) is 1.69. The Morgan fingerprint density at radius 3 is 2.67 bits per heavy atom. The van der Waals surface area contributed by atoms with Crippen LogP contribution >= 0.6 is 0 Å². The Bertz CT molecular complexity index is 433. The number of aromatic nitrogens is 2. The van der Waals surface area contributed by atoms with Crippen molar-refractivity contribution >= 4 is 17.9 Å². The second-order valence-corrected chi connectivity index (χ2v) is 3.38. The second-order valence-electron chi connectivity index (χ2n) is 3.38. The number of hydrogen-bond donors (Lipinski definition) is 2.